The van der Waals surface area contributed by atoms with E-state index in [0.717, 1.165) is 49.7 Å². The van der Waals surface area contributed by atoms with Crippen molar-refractivity contribution in [1.82, 2.24) is 0 Å². The summed E-state index contributed by atoms with van der Waals surface area (Å²) in [7, 11) is 0. The average Bonchev–Trinajstić information content (AvgIpc) is 3.74. The molecule has 0 aromatic carbocycles. The summed E-state index contributed by atoms with van der Waals surface area (Å²) in [4.78, 5) is 14.0. The lowest BCUT2D eigenvalue weighted by Gasteiger charge is -2.51. The summed E-state index contributed by atoms with van der Waals surface area (Å²) in [6.07, 6.45) is 2.38. The minimum atomic E-state index is -0.808. The van der Waals surface area contributed by atoms with Crippen LogP contribution in [0.4, 0.5) is 0 Å². The number of hydrogen-bond donors (Lipinski definition) is 2. The van der Waals surface area contributed by atoms with Crippen molar-refractivity contribution >= 4 is 5.97 Å². The first-order valence-corrected chi connectivity index (χ1v) is 21.3. The molecule has 11 aliphatic heterocycles. The molecule has 11 rings (SSSR count). The Morgan fingerprint density at radius 3 is 2.27 bits per heavy atom. The van der Waals surface area contributed by atoms with E-state index < -0.39 is 48.5 Å². The van der Waals surface area contributed by atoms with Crippen molar-refractivity contribution in [3.8, 4) is 0 Å². The number of aliphatic hydroxyl groups excluding tert-OH is 2. The Balaban J connectivity index is 0.934. The van der Waals surface area contributed by atoms with E-state index in [1.807, 2.05) is 6.92 Å². The molecule has 0 aliphatic carbocycles. The molecule has 2 N–H and O–H groups in total. The third-order valence-corrected chi connectivity index (χ3v) is 14.8. The Hall–Kier alpha value is -1.49. The number of ether oxygens (including phenoxy) is 10. The van der Waals surface area contributed by atoms with Gasteiger partial charge in [0.15, 0.2) is 5.79 Å². The Morgan fingerprint density at radius 1 is 0.673 bits per heavy atom. The first kappa shape index (κ1) is 37.8. The van der Waals surface area contributed by atoms with E-state index in [4.69, 9.17) is 47.4 Å². The maximum atomic E-state index is 14.0. The molecule has 11 fully saturated rings. The summed E-state index contributed by atoms with van der Waals surface area (Å²) in [6, 6.07) is 0. The first-order valence-electron chi connectivity index (χ1n) is 21.3. The monoisotopic (exact) mass is 772 g/mol. The molecule has 12 bridgehead atoms. The van der Waals surface area contributed by atoms with E-state index in [1.54, 1.807) is 0 Å². The molecule has 55 heavy (non-hydrogen) atoms. The third kappa shape index (κ3) is 6.79. The van der Waals surface area contributed by atoms with Crippen LogP contribution in [0.1, 0.15) is 97.3 Å². The zero-order valence-corrected chi connectivity index (χ0v) is 32.2. The van der Waals surface area contributed by atoms with Gasteiger partial charge in [-0.05, 0) is 68.4 Å². The van der Waals surface area contributed by atoms with Gasteiger partial charge in [-0.25, -0.2) is 0 Å². The summed E-state index contributed by atoms with van der Waals surface area (Å²) in [5, 5.41) is 20.6. The van der Waals surface area contributed by atoms with Crippen LogP contribution in [-0.2, 0) is 52.2 Å². The molecule has 11 aliphatic rings. The van der Waals surface area contributed by atoms with Gasteiger partial charge in [-0.1, -0.05) is 27.0 Å². The minimum absolute atomic E-state index is 0.00281. The van der Waals surface area contributed by atoms with Gasteiger partial charge in [-0.15, -0.1) is 0 Å². The zero-order valence-electron chi connectivity index (χ0n) is 32.2. The molecule has 13 heteroatoms. The van der Waals surface area contributed by atoms with Crippen LogP contribution in [0.5, 0.6) is 0 Å². The average molecular weight is 773 g/mol. The van der Waals surface area contributed by atoms with Gasteiger partial charge in [0.25, 0.3) is 0 Å². The number of fused-ring (bicyclic) bond motifs is 7. The summed E-state index contributed by atoms with van der Waals surface area (Å²) in [5.74, 6) is -1.18. The normalized spacial score (nSPS) is 54.9. The van der Waals surface area contributed by atoms with Crippen LogP contribution < -0.4 is 0 Å². The highest BCUT2D eigenvalue weighted by Gasteiger charge is 2.69. The molecule has 21 atom stereocenters. The molecule has 1 spiro atoms. The second-order valence-electron chi connectivity index (χ2n) is 18.5. The van der Waals surface area contributed by atoms with Crippen LogP contribution >= 0.6 is 0 Å². The second kappa shape index (κ2) is 14.7. The summed E-state index contributed by atoms with van der Waals surface area (Å²) in [5.41, 5.74) is 2.14. The molecule has 0 aromatic rings. The van der Waals surface area contributed by atoms with Crippen molar-refractivity contribution in [2.45, 2.75) is 213 Å². The fourth-order valence-corrected chi connectivity index (χ4v) is 11.9. The number of carbonyl (C=O) groups excluding carboxylic acids is 1. The molecule has 6 unspecified atom stereocenters. The van der Waals surface area contributed by atoms with E-state index in [1.165, 1.54) is 0 Å². The van der Waals surface area contributed by atoms with Crippen LogP contribution in [0, 0.1) is 11.8 Å². The molecular weight excluding hydrogens is 712 g/mol. The number of hydrogen-bond acceptors (Lipinski definition) is 13. The lowest BCUT2D eigenvalue weighted by Crippen LogP contribution is -2.62. The van der Waals surface area contributed by atoms with Crippen molar-refractivity contribution < 1.29 is 62.4 Å². The molecule has 0 aromatic heterocycles. The maximum absolute atomic E-state index is 14.0. The summed E-state index contributed by atoms with van der Waals surface area (Å²) in [6.45, 7) is 13.1. The lowest BCUT2D eigenvalue weighted by atomic mass is 9.79. The van der Waals surface area contributed by atoms with Crippen LogP contribution in [0.3, 0.4) is 0 Å². The van der Waals surface area contributed by atoms with Gasteiger partial charge in [0.2, 0.25) is 0 Å². The standard InChI is InChI=1S/C42H60O13/c1-19-13-23-5-7-27-20(2)14-25(46-27)9-11-42-18-33-38(54-42)39-40(52-33)41(55-42)37-29(51-39)8-6-24(48-37)15-34(45)53-36-22(4)35-31(16-26(44)28(50-35)10-12-43)49-32(36)17-30(47-23)21(19)3/h19,22-33,35-41,43-44H,2-3,5-18H2,1,4H3/t19-,22+,23?,24-,25?,26?,27+,28-,29+,30-,31?,32?,33-,35+,36-,37+,38?,39+,40-,41+,42+/m1/s1. The Labute approximate surface area is 323 Å². The van der Waals surface area contributed by atoms with Gasteiger partial charge >= 0.3 is 5.97 Å². The van der Waals surface area contributed by atoms with E-state index >= 15 is 0 Å². The van der Waals surface area contributed by atoms with E-state index in [9.17, 15) is 15.0 Å². The predicted molar refractivity (Wildman–Crippen MR) is 193 cm³/mol. The first-order chi connectivity index (χ1) is 26.5. The minimum Gasteiger partial charge on any atom is -0.459 e. The van der Waals surface area contributed by atoms with Crippen LogP contribution in [-0.4, -0.2) is 138 Å². The van der Waals surface area contributed by atoms with Gasteiger partial charge in [0.05, 0.1) is 79.7 Å². The molecule has 0 radical (unpaired) electrons. The highest BCUT2D eigenvalue weighted by atomic mass is 16.8. The van der Waals surface area contributed by atoms with Crippen LogP contribution in [0.15, 0.2) is 24.3 Å². The molecular formula is C42H60O13. The number of esters is 1. The van der Waals surface area contributed by atoms with Gasteiger partial charge in [-0.2, -0.15) is 0 Å². The Kier molecular flexibility index (Phi) is 10.1. The number of carbonyl (C=O) groups is 1. The number of rotatable bonds is 2. The fraction of sp³-hybridized carbons (Fsp3) is 0.881. The largest absolute Gasteiger partial charge is 0.459 e. The van der Waals surface area contributed by atoms with Crippen LogP contribution in [0.25, 0.3) is 0 Å². The highest BCUT2D eigenvalue weighted by molar-refractivity contribution is 5.70. The molecule has 0 saturated carbocycles. The van der Waals surface area contributed by atoms with Crippen molar-refractivity contribution in [3.05, 3.63) is 24.3 Å². The van der Waals surface area contributed by atoms with Crippen LogP contribution in [0.2, 0.25) is 0 Å². The molecule has 0 amide bonds. The Morgan fingerprint density at radius 2 is 1.42 bits per heavy atom. The third-order valence-electron chi connectivity index (χ3n) is 14.8. The van der Waals surface area contributed by atoms with Crippen molar-refractivity contribution in [1.29, 1.82) is 0 Å². The molecule has 13 nitrogen and oxygen atoms in total. The van der Waals surface area contributed by atoms with E-state index in [0.29, 0.717) is 38.5 Å². The van der Waals surface area contributed by atoms with Gasteiger partial charge in [0, 0.05) is 38.2 Å². The SMILES string of the molecule is C=C1CC2CC[C@@]34C[C@H]5O[C@H]6[C@@H](O3)[C@H]3O[C@H](CC[C@@H]3O[C@H]6C5O4)CC(=O)O[C@H]3C(C[C@H]4OC(CC[C@@H]1O2)C[C@@H](C)C4=C)OC1CC(O)[C@@H](CCO)O[C@H]1[C@@H]3C. The van der Waals surface area contributed by atoms with Gasteiger partial charge in [0.1, 0.15) is 36.6 Å². The Bertz CT molecular complexity index is 1490. The maximum Gasteiger partial charge on any atom is 0.308 e. The molecule has 11 saturated heterocycles. The summed E-state index contributed by atoms with van der Waals surface area (Å²) < 4.78 is 66.9. The highest BCUT2D eigenvalue weighted by Crippen LogP contribution is 2.54. The quantitative estimate of drug-likeness (QED) is 0.312. The lowest BCUT2D eigenvalue weighted by molar-refractivity contribution is -0.293. The van der Waals surface area contributed by atoms with Gasteiger partial charge < -0.3 is 57.6 Å². The van der Waals surface area contributed by atoms with Crippen molar-refractivity contribution in [3.63, 3.8) is 0 Å². The molecule has 306 valence electrons. The topological polar surface area (TPSA) is 150 Å². The van der Waals surface area contributed by atoms with Crippen molar-refractivity contribution in [2.75, 3.05) is 6.61 Å². The molecule has 11 heterocycles. The fourth-order valence-electron chi connectivity index (χ4n) is 11.9. The number of aliphatic hydroxyl groups is 2. The van der Waals surface area contributed by atoms with E-state index in [2.05, 4.69) is 20.1 Å². The smallest absolute Gasteiger partial charge is 0.308 e. The van der Waals surface area contributed by atoms with Crippen molar-refractivity contribution in [2.24, 2.45) is 11.8 Å². The van der Waals surface area contributed by atoms with Gasteiger partial charge in [-0.3, -0.25) is 4.79 Å². The predicted octanol–water partition coefficient (Wildman–Crippen LogP) is 3.59. The second-order valence-corrected chi connectivity index (χ2v) is 18.5. The zero-order chi connectivity index (χ0) is 37.7. The van der Waals surface area contributed by atoms with E-state index in [-0.39, 0.29) is 98.0 Å². The summed E-state index contributed by atoms with van der Waals surface area (Å²) >= 11 is 0.